The first-order valence-electron chi connectivity index (χ1n) is 4.61. The topological polar surface area (TPSA) is 52.6 Å². The maximum atomic E-state index is 11.8. The first kappa shape index (κ1) is 12.0. The number of hydrogen-bond donors (Lipinski definition) is 0. The van der Waals surface area contributed by atoms with Crippen LogP contribution in [0.1, 0.15) is 10.4 Å². The molecule has 0 radical (unpaired) electrons. The van der Waals surface area contributed by atoms with Gasteiger partial charge in [0.1, 0.15) is 12.0 Å². The van der Waals surface area contributed by atoms with E-state index in [9.17, 15) is 9.59 Å². The van der Waals surface area contributed by atoms with Gasteiger partial charge in [-0.3, -0.25) is 9.59 Å². The van der Waals surface area contributed by atoms with E-state index in [4.69, 9.17) is 9.47 Å². The van der Waals surface area contributed by atoms with Crippen LogP contribution in [0.15, 0.2) is 36.1 Å². The summed E-state index contributed by atoms with van der Waals surface area (Å²) in [5, 5.41) is 0. The number of benzene rings is 1. The van der Waals surface area contributed by atoms with Crippen molar-refractivity contribution in [2.24, 2.45) is 0 Å². The molecule has 0 amide bonds. The van der Waals surface area contributed by atoms with Gasteiger partial charge in [-0.1, -0.05) is 0 Å². The van der Waals surface area contributed by atoms with Crippen molar-refractivity contribution in [3.8, 4) is 5.75 Å². The summed E-state index contributed by atoms with van der Waals surface area (Å²) in [6.07, 6.45) is 1.60. The number of ether oxygens (including phenoxy) is 2. The third-order valence-corrected chi connectivity index (χ3v) is 2.02. The maximum Gasteiger partial charge on any atom is 0.227 e. The number of carbonyl (C=O) groups is 2. The summed E-state index contributed by atoms with van der Waals surface area (Å²) in [4.78, 5) is 22.1. The molecule has 0 N–H and O–H groups in total. The third kappa shape index (κ3) is 2.70. The molecule has 16 heavy (non-hydrogen) atoms. The van der Waals surface area contributed by atoms with Crippen molar-refractivity contribution in [1.29, 1.82) is 0 Å². The van der Waals surface area contributed by atoms with E-state index in [0.717, 1.165) is 6.08 Å². The van der Waals surface area contributed by atoms with Gasteiger partial charge in [-0.15, -0.1) is 0 Å². The molecule has 0 fully saturated rings. The molecule has 1 aromatic carbocycles. The molecule has 0 atom stereocenters. The van der Waals surface area contributed by atoms with Crippen molar-refractivity contribution in [1.82, 2.24) is 0 Å². The lowest BCUT2D eigenvalue weighted by Crippen LogP contribution is -2.05. The number of carbonyl (C=O) groups excluding carboxylic acids is 2. The second-order valence-corrected chi connectivity index (χ2v) is 2.93. The van der Waals surface area contributed by atoms with Crippen LogP contribution in [0.25, 0.3) is 0 Å². The van der Waals surface area contributed by atoms with E-state index in [-0.39, 0.29) is 11.5 Å². The Hall–Kier alpha value is -2.10. The van der Waals surface area contributed by atoms with Crippen LogP contribution in [0.4, 0.5) is 0 Å². The van der Waals surface area contributed by atoms with E-state index >= 15 is 0 Å². The maximum absolute atomic E-state index is 11.8. The zero-order valence-electron chi connectivity index (χ0n) is 9.10. The Morgan fingerprint density at radius 1 is 1.19 bits per heavy atom. The van der Waals surface area contributed by atoms with E-state index in [1.54, 1.807) is 31.4 Å². The summed E-state index contributed by atoms with van der Waals surface area (Å²) in [7, 11) is 2.89. The molecular formula is C12H12O4. The first-order valence-corrected chi connectivity index (χ1v) is 4.61. The molecular weight excluding hydrogens is 208 g/mol. The zero-order valence-corrected chi connectivity index (χ0v) is 9.10. The average molecular weight is 220 g/mol. The van der Waals surface area contributed by atoms with Crippen molar-refractivity contribution in [3.05, 3.63) is 41.7 Å². The van der Waals surface area contributed by atoms with Gasteiger partial charge in [-0.05, 0) is 24.3 Å². The molecule has 84 valence electrons. The van der Waals surface area contributed by atoms with E-state index in [2.05, 4.69) is 0 Å². The fourth-order valence-corrected chi connectivity index (χ4v) is 1.18. The fourth-order valence-electron chi connectivity index (χ4n) is 1.18. The SMILES string of the molecule is CO/C(=C/C=O)C(=O)c1ccc(OC)cc1. The molecule has 1 rings (SSSR count). The summed E-state index contributed by atoms with van der Waals surface area (Å²) >= 11 is 0. The number of rotatable bonds is 5. The van der Waals surface area contributed by atoms with Crippen LogP contribution in [0.2, 0.25) is 0 Å². The second kappa shape index (κ2) is 5.70. The molecule has 1 aromatic rings. The normalized spacial score (nSPS) is 10.8. The van der Waals surface area contributed by atoms with Gasteiger partial charge in [0, 0.05) is 11.6 Å². The monoisotopic (exact) mass is 220 g/mol. The Labute approximate surface area is 93.5 Å². The molecule has 0 unspecified atom stereocenters. The second-order valence-electron chi connectivity index (χ2n) is 2.93. The molecule has 0 aliphatic heterocycles. The number of hydrogen-bond acceptors (Lipinski definition) is 4. The molecule has 0 bridgehead atoms. The number of methoxy groups -OCH3 is 2. The highest BCUT2D eigenvalue weighted by Gasteiger charge is 2.12. The summed E-state index contributed by atoms with van der Waals surface area (Å²) in [5.41, 5.74) is 0.441. The van der Waals surface area contributed by atoms with Crippen LogP contribution in [-0.2, 0) is 9.53 Å². The number of ketones is 1. The van der Waals surface area contributed by atoms with Gasteiger partial charge >= 0.3 is 0 Å². The Bertz CT molecular complexity index is 404. The summed E-state index contributed by atoms with van der Waals surface area (Å²) in [6.45, 7) is 0. The Morgan fingerprint density at radius 2 is 1.81 bits per heavy atom. The molecule has 4 heteroatoms. The largest absolute Gasteiger partial charge is 0.497 e. The lowest BCUT2D eigenvalue weighted by molar-refractivity contribution is -0.104. The van der Waals surface area contributed by atoms with Crippen molar-refractivity contribution < 1.29 is 19.1 Å². The fraction of sp³-hybridized carbons (Fsp3) is 0.167. The smallest absolute Gasteiger partial charge is 0.227 e. The molecule has 0 saturated heterocycles. The lowest BCUT2D eigenvalue weighted by Gasteiger charge is -2.05. The standard InChI is InChI=1S/C12H12O4/c1-15-10-5-3-9(4-6-10)12(14)11(16-2)7-8-13/h3-8H,1-2H3/b11-7+. The molecule has 0 saturated carbocycles. The minimum atomic E-state index is -0.336. The first-order chi connectivity index (χ1) is 7.72. The Morgan fingerprint density at radius 3 is 2.25 bits per heavy atom. The predicted molar refractivity (Wildman–Crippen MR) is 58.5 cm³/mol. The number of allylic oxidation sites excluding steroid dienone is 2. The van der Waals surface area contributed by atoms with E-state index in [1.165, 1.54) is 7.11 Å². The van der Waals surface area contributed by atoms with Gasteiger partial charge in [0.25, 0.3) is 0 Å². The third-order valence-electron chi connectivity index (χ3n) is 2.02. The predicted octanol–water partition coefficient (Wildman–Crippen LogP) is 1.61. The summed E-state index contributed by atoms with van der Waals surface area (Å²) in [5.74, 6) is 0.340. The molecule has 0 heterocycles. The number of Topliss-reactive ketones (excluding diaryl/α,β-unsaturated/α-hetero) is 1. The highest BCUT2D eigenvalue weighted by atomic mass is 16.5. The van der Waals surface area contributed by atoms with E-state index < -0.39 is 0 Å². The summed E-state index contributed by atoms with van der Waals surface area (Å²) < 4.78 is 9.78. The minimum Gasteiger partial charge on any atom is -0.497 e. The van der Waals surface area contributed by atoms with Gasteiger partial charge in [0.15, 0.2) is 5.76 Å². The Kier molecular flexibility index (Phi) is 4.27. The lowest BCUT2D eigenvalue weighted by atomic mass is 10.1. The van der Waals surface area contributed by atoms with Crippen LogP contribution in [0, 0.1) is 0 Å². The Balaban J connectivity index is 2.95. The minimum absolute atomic E-state index is 0.0140. The van der Waals surface area contributed by atoms with Crippen LogP contribution >= 0.6 is 0 Å². The highest BCUT2D eigenvalue weighted by molar-refractivity contribution is 6.08. The van der Waals surface area contributed by atoms with Crippen LogP contribution < -0.4 is 4.74 Å². The summed E-state index contributed by atoms with van der Waals surface area (Å²) in [6, 6.07) is 6.56. The highest BCUT2D eigenvalue weighted by Crippen LogP contribution is 2.14. The van der Waals surface area contributed by atoms with Gasteiger partial charge in [-0.25, -0.2) is 0 Å². The molecule has 0 spiro atoms. The van der Waals surface area contributed by atoms with Crippen molar-refractivity contribution in [2.45, 2.75) is 0 Å². The van der Waals surface area contributed by atoms with Crippen LogP contribution in [0.5, 0.6) is 5.75 Å². The number of aldehydes is 1. The van der Waals surface area contributed by atoms with Crippen molar-refractivity contribution in [3.63, 3.8) is 0 Å². The quantitative estimate of drug-likeness (QED) is 0.327. The van der Waals surface area contributed by atoms with E-state index in [0.29, 0.717) is 17.6 Å². The molecule has 0 aliphatic rings. The van der Waals surface area contributed by atoms with Crippen molar-refractivity contribution >= 4 is 12.1 Å². The van der Waals surface area contributed by atoms with Gasteiger partial charge in [0.05, 0.1) is 14.2 Å². The molecule has 0 aromatic heterocycles. The van der Waals surface area contributed by atoms with E-state index in [1.807, 2.05) is 0 Å². The van der Waals surface area contributed by atoms with Crippen molar-refractivity contribution in [2.75, 3.05) is 14.2 Å². The van der Waals surface area contributed by atoms with Gasteiger partial charge in [-0.2, -0.15) is 0 Å². The molecule has 4 nitrogen and oxygen atoms in total. The average Bonchev–Trinajstić information content (AvgIpc) is 2.35. The van der Waals surface area contributed by atoms with Gasteiger partial charge < -0.3 is 9.47 Å². The van der Waals surface area contributed by atoms with Gasteiger partial charge in [0.2, 0.25) is 5.78 Å². The van der Waals surface area contributed by atoms with Crippen LogP contribution in [-0.4, -0.2) is 26.3 Å². The molecule has 0 aliphatic carbocycles. The van der Waals surface area contributed by atoms with Crippen LogP contribution in [0.3, 0.4) is 0 Å². The zero-order chi connectivity index (χ0) is 12.0.